The molecule has 0 amide bonds. The molecule has 30 heavy (non-hydrogen) atoms. The first-order valence-corrected chi connectivity index (χ1v) is 10.6. The Hall–Kier alpha value is -1.77. The number of nitrogens with one attached hydrogen (secondary N) is 2. The summed E-state index contributed by atoms with van der Waals surface area (Å²) in [5.74, 6) is 1.84. The number of rotatable bonds is 8. The molecule has 3 rings (SSSR count). The fourth-order valence-electron chi connectivity index (χ4n) is 4.00. The Kier molecular flexibility index (Phi) is 8.58. The van der Waals surface area contributed by atoms with E-state index in [0.29, 0.717) is 0 Å². The largest absolute Gasteiger partial charge is 0.496 e. The van der Waals surface area contributed by atoms with Crippen LogP contribution in [0.5, 0.6) is 5.75 Å². The molecular weight excluding hydrogens is 489 g/mol. The SMILES string of the molecule is CCNC(=NCC1(c2ccccc2OC)CC1)NC(C)Cc1c(C)nn(C)c1C.I. The van der Waals surface area contributed by atoms with Crippen LogP contribution in [0.4, 0.5) is 0 Å². The van der Waals surface area contributed by atoms with E-state index in [4.69, 9.17) is 9.73 Å². The van der Waals surface area contributed by atoms with Gasteiger partial charge >= 0.3 is 0 Å². The Morgan fingerprint density at radius 3 is 2.57 bits per heavy atom. The van der Waals surface area contributed by atoms with Crippen LogP contribution in [0.3, 0.4) is 0 Å². The molecule has 7 heteroatoms. The molecule has 0 saturated heterocycles. The number of nitrogens with zero attached hydrogens (tertiary/aromatic N) is 3. The molecule has 1 saturated carbocycles. The average molecular weight is 525 g/mol. The first-order valence-electron chi connectivity index (χ1n) is 10.6. The van der Waals surface area contributed by atoms with E-state index in [1.807, 2.05) is 23.9 Å². The van der Waals surface area contributed by atoms with Gasteiger partial charge in [-0.25, -0.2) is 0 Å². The molecule has 0 radical (unpaired) electrons. The van der Waals surface area contributed by atoms with Gasteiger partial charge in [-0.05, 0) is 58.6 Å². The Bertz CT molecular complexity index is 872. The van der Waals surface area contributed by atoms with Crippen molar-refractivity contribution in [3.63, 3.8) is 0 Å². The molecular formula is C23H36IN5O. The van der Waals surface area contributed by atoms with Crippen LogP contribution in [0.25, 0.3) is 0 Å². The lowest BCUT2D eigenvalue weighted by Gasteiger charge is -2.20. The van der Waals surface area contributed by atoms with Gasteiger partial charge in [-0.3, -0.25) is 9.67 Å². The molecule has 6 nitrogen and oxygen atoms in total. The minimum absolute atomic E-state index is 0. The van der Waals surface area contributed by atoms with Gasteiger partial charge in [0.05, 0.1) is 19.3 Å². The fourth-order valence-corrected chi connectivity index (χ4v) is 4.00. The van der Waals surface area contributed by atoms with Gasteiger partial charge in [0.2, 0.25) is 0 Å². The molecule has 2 N–H and O–H groups in total. The van der Waals surface area contributed by atoms with E-state index in [-0.39, 0.29) is 35.4 Å². The maximum absolute atomic E-state index is 5.59. The van der Waals surface area contributed by atoms with Crippen LogP contribution in [-0.2, 0) is 18.9 Å². The summed E-state index contributed by atoms with van der Waals surface area (Å²) in [6.07, 6.45) is 3.23. The summed E-state index contributed by atoms with van der Waals surface area (Å²) >= 11 is 0. The van der Waals surface area contributed by atoms with Crippen LogP contribution in [0, 0.1) is 13.8 Å². The highest BCUT2D eigenvalue weighted by molar-refractivity contribution is 14.0. The third kappa shape index (κ3) is 5.47. The van der Waals surface area contributed by atoms with Crippen molar-refractivity contribution in [2.24, 2.45) is 12.0 Å². The highest BCUT2D eigenvalue weighted by atomic mass is 127. The normalized spacial score (nSPS) is 15.9. The van der Waals surface area contributed by atoms with Gasteiger partial charge in [-0.15, -0.1) is 24.0 Å². The Labute approximate surface area is 197 Å². The van der Waals surface area contributed by atoms with E-state index < -0.39 is 0 Å². The van der Waals surface area contributed by atoms with E-state index in [0.717, 1.165) is 49.8 Å². The molecule has 1 aromatic heterocycles. The quantitative estimate of drug-likeness (QED) is 0.312. The minimum Gasteiger partial charge on any atom is -0.496 e. The second kappa shape index (κ2) is 10.5. The molecule has 166 valence electrons. The first kappa shape index (κ1) is 24.5. The topological polar surface area (TPSA) is 63.5 Å². The number of aromatic nitrogens is 2. The summed E-state index contributed by atoms with van der Waals surface area (Å²) in [5, 5.41) is 11.5. The summed E-state index contributed by atoms with van der Waals surface area (Å²) in [6, 6.07) is 8.60. The van der Waals surface area contributed by atoms with Gasteiger partial charge in [0.1, 0.15) is 5.75 Å². The van der Waals surface area contributed by atoms with Crippen molar-refractivity contribution in [1.29, 1.82) is 0 Å². The summed E-state index contributed by atoms with van der Waals surface area (Å²) in [7, 11) is 3.75. The van der Waals surface area contributed by atoms with Crippen LogP contribution in [0.15, 0.2) is 29.3 Å². The van der Waals surface area contributed by atoms with Crippen LogP contribution in [-0.4, -0.2) is 42.0 Å². The summed E-state index contributed by atoms with van der Waals surface area (Å²) in [6.45, 7) is 10.1. The zero-order chi connectivity index (χ0) is 21.0. The van der Waals surface area contributed by atoms with Gasteiger partial charge in [0.25, 0.3) is 0 Å². The number of hydrogen-bond acceptors (Lipinski definition) is 3. The van der Waals surface area contributed by atoms with Gasteiger partial charge in [0, 0.05) is 36.3 Å². The fraction of sp³-hybridized carbons (Fsp3) is 0.565. The van der Waals surface area contributed by atoms with E-state index in [1.165, 1.54) is 16.8 Å². The third-order valence-electron chi connectivity index (χ3n) is 5.97. The molecule has 1 aromatic carbocycles. The zero-order valence-corrected chi connectivity index (χ0v) is 21.4. The number of hydrogen-bond donors (Lipinski definition) is 2. The second-order valence-electron chi connectivity index (χ2n) is 8.20. The maximum Gasteiger partial charge on any atom is 0.191 e. The van der Waals surface area contributed by atoms with Crippen molar-refractivity contribution in [1.82, 2.24) is 20.4 Å². The number of aliphatic imine (C=N–C) groups is 1. The number of benzene rings is 1. The van der Waals surface area contributed by atoms with Gasteiger partial charge in [-0.1, -0.05) is 18.2 Å². The molecule has 1 aliphatic carbocycles. The number of ether oxygens (including phenoxy) is 1. The summed E-state index contributed by atoms with van der Waals surface area (Å²) < 4.78 is 7.55. The molecule has 1 heterocycles. The highest BCUT2D eigenvalue weighted by Gasteiger charge is 2.46. The maximum atomic E-state index is 5.59. The lowest BCUT2D eigenvalue weighted by atomic mass is 9.95. The van der Waals surface area contributed by atoms with Crippen molar-refractivity contribution in [3.05, 3.63) is 46.8 Å². The third-order valence-corrected chi connectivity index (χ3v) is 5.97. The standard InChI is InChI=1S/C23H35N5O.HI/c1-7-24-22(26-16(2)14-19-17(3)27-28(5)18(19)4)25-15-23(12-13-23)20-10-8-9-11-21(20)29-6;/h8-11,16H,7,12-15H2,1-6H3,(H2,24,25,26);1H. The van der Waals surface area contributed by atoms with Crippen molar-refractivity contribution in [3.8, 4) is 5.75 Å². The number of methoxy groups -OCH3 is 1. The molecule has 1 atom stereocenters. The number of para-hydroxylation sites is 1. The monoisotopic (exact) mass is 525 g/mol. The molecule has 1 fully saturated rings. The second-order valence-corrected chi connectivity index (χ2v) is 8.20. The highest BCUT2D eigenvalue weighted by Crippen LogP contribution is 2.51. The first-order chi connectivity index (χ1) is 13.9. The van der Waals surface area contributed by atoms with Gasteiger partial charge < -0.3 is 15.4 Å². The molecule has 2 aromatic rings. The van der Waals surface area contributed by atoms with E-state index in [2.05, 4.69) is 55.6 Å². The lowest BCUT2D eigenvalue weighted by Crippen LogP contribution is -2.43. The van der Waals surface area contributed by atoms with Crippen LogP contribution < -0.4 is 15.4 Å². The van der Waals surface area contributed by atoms with E-state index in [1.54, 1.807) is 7.11 Å². The predicted octanol–water partition coefficient (Wildman–Crippen LogP) is 3.88. The number of halogens is 1. The van der Waals surface area contributed by atoms with Crippen molar-refractivity contribution < 1.29 is 4.74 Å². The number of guanidine groups is 1. The zero-order valence-electron chi connectivity index (χ0n) is 19.1. The smallest absolute Gasteiger partial charge is 0.191 e. The van der Waals surface area contributed by atoms with Gasteiger partial charge in [0.15, 0.2) is 5.96 Å². The predicted molar refractivity (Wildman–Crippen MR) is 134 cm³/mol. The van der Waals surface area contributed by atoms with E-state index >= 15 is 0 Å². The molecule has 0 aliphatic heterocycles. The van der Waals surface area contributed by atoms with Crippen LogP contribution >= 0.6 is 24.0 Å². The Morgan fingerprint density at radius 2 is 2.00 bits per heavy atom. The molecule has 0 spiro atoms. The Balaban J connectivity index is 0.00000320. The van der Waals surface area contributed by atoms with Crippen molar-refractivity contribution in [2.75, 3.05) is 20.2 Å². The van der Waals surface area contributed by atoms with Gasteiger partial charge in [-0.2, -0.15) is 5.10 Å². The minimum atomic E-state index is 0. The Morgan fingerprint density at radius 1 is 1.30 bits per heavy atom. The summed E-state index contributed by atoms with van der Waals surface area (Å²) in [4.78, 5) is 4.95. The number of aryl methyl sites for hydroxylation is 2. The van der Waals surface area contributed by atoms with Crippen molar-refractivity contribution in [2.45, 2.75) is 58.4 Å². The molecule has 1 aliphatic rings. The van der Waals surface area contributed by atoms with Crippen LogP contribution in [0.2, 0.25) is 0 Å². The molecule has 1 unspecified atom stereocenters. The lowest BCUT2D eigenvalue weighted by molar-refractivity contribution is 0.404. The molecule has 0 bridgehead atoms. The average Bonchev–Trinajstić information content (AvgIpc) is 3.46. The summed E-state index contributed by atoms with van der Waals surface area (Å²) in [5.41, 5.74) is 5.03. The van der Waals surface area contributed by atoms with Crippen LogP contribution in [0.1, 0.15) is 49.2 Å². The van der Waals surface area contributed by atoms with Crippen molar-refractivity contribution >= 4 is 29.9 Å². The van der Waals surface area contributed by atoms with E-state index in [9.17, 15) is 0 Å².